The molecule has 0 spiro atoms. The van der Waals surface area contributed by atoms with E-state index < -0.39 is 0 Å². The third kappa shape index (κ3) is 3.62. The van der Waals surface area contributed by atoms with Gasteiger partial charge in [0.05, 0.1) is 16.3 Å². The summed E-state index contributed by atoms with van der Waals surface area (Å²) in [6.07, 6.45) is 0. The lowest BCUT2D eigenvalue weighted by molar-refractivity contribution is 0.102. The molecule has 0 heterocycles. The van der Waals surface area contributed by atoms with Gasteiger partial charge < -0.3 is 10.5 Å². The molecule has 2 rings (SSSR count). The second kappa shape index (κ2) is 6.74. The van der Waals surface area contributed by atoms with Crippen molar-refractivity contribution in [1.29, 1.82) is 0 Å². The Kier molecular flexibility index (Phi) is 4.98. The van der Waals surface area contributed by atoms with E-state index in [0.717, 1.165) is 5.56 Å². The van der Waals surface area contributed by atoms with Crippen molar-refractivity contribution in [1.82, 2.24) is 0 Å². The summed E-state index contributed by atoms with van der Waals surface area (Å²) in [6.45, 7) is 1.69. The molecule has 6 heteroatoms. The molecular formula is C15H12BrClN2O2. The van der Waals surface area contributed by atoms with Gasteiger partial charge in [0.15, 0.2) is 0 Å². The topological polar surface area (TPSA) is 61.7 Å². The Morgan fingerprint density at radius 1 is 1.24 bits per heavy atom. The number of rotatable bonds is 3. The molecular weight excluding hydrogens is 356 g/mol. The first-order valence-corrected chi connectivity index (χ1v) is 7.24. The highest BCUT2D eigenvalue weighted by atomic mass is 79.9. The minimum Gasteiger partial charge on any atom is -0.411 e. The van der Waals surface area contributed by atoms with Gasteiger partial charge >= 0.3 is 0 Å². The lowest BCUT2D eigenvalue weighted by Gasteiger charge is -2.08. The average molecular weight is 368 g/mol. The number of benzene rings is 2. The highest BCUT2D eigenvalue weighted by molar-refractivity contribution is 9.10. The molecule has 0 bridgehead atoms. The standard InChI is InChI=1S/C15H12BrClN2O2/c1-9(19-21)10-5-7-11(8-6-10)18-15(20)12-3-2-4-13(16)14(12)17/h2-8,21H,1H3,(H,18,20)/b19-9-. The smallest absolute Gasteiger partial charge is 0.257 e. The zero-order chi connectivity index (χ0) is 15.4. The van der Waals surface area contributed by atoms with Crippen LogP contribution in [0.4, 0.5) is 5.69 Å². The molecule has 0 aliphatic heterocycles. The van der Waals surface area contributed by atoms with Gasteiger partial charge in [-0.3, -0.25) is 4.79 Å². The third-order valence-corrected chi connectivity index (χ3v) is 4.20. The number of oxime groups is 1. The number of nitrogens with one attached hydrogen (secondary N) is 1. The van der Waals surface area contributed by atoms with Crippen molar-refractivity contribution in [3.63, 3.8) is 0 Å². The molecule has 4 nitrogen and oxygen atoms in total. The molecule has 2 aromatic rings. The molecule has 2 aromatic carbocycles. The van der Waals surface area contributed by atoms with Crippen molar-refractivity contribution in [3.05, 3.63) is 63.1 Å². The van der Waals surface area contributed by atoms with Crippen LogP contribution >= 0.6 is 27.5 Å². The fourth-order valence-corrected chi connectivity index (χ4v) is 2.31. The summed E-state index contributed by atoms with van der Waals surface area (Å²) < 4.78 is 0.668. The summed E-state index contributed by atoms with van der Waals surface area (Å²) in [7, 11) is 0. The molecule has 0 aliphatic carbocycles. The van der Waals surface area contributed by atoms with Gasteiger partial charge in [-0.2, -0.15) is 0 Å². The van der Waals surface area contributed by atoms with Gasteiger partial charge in [-0.1, -0.05) is 35.0 Å². The summed E-state index contributed by atoms with van der Waals surface area (Å²) in [5, 5.41) is 15.0. The Balaban J connectivity index is 2.18. The summed E-state index contributed by atoms with van der Waals surface area (Å²) in [5.74, 6) is -0.290. The van der Waals surface area contributed by atoms with Gasteiger partial charge in [-0.25, -0.2) is 0 Å². The Morgan fingerprint density at radius 2 is 1.90 bits per heavy atom. The monoisotopic (exact) mass is 366 g/mol. The van der Waals surface area contributed by atoms with Crippen molar-refractivity contribution in [2.75, 3.05) is 5.32 Å². The molecule has 0 aromatic heterocycles. The van der Waals surface area contributed by atoms with Crippen LogP contribution in [0, 0.1) is 0 Å². The first-order valence-electron chi connectivity index (χ1n) is 6.07. The zero-order valence-electron chi connectivity index (χ0n) is 11.1. The highest BCUT2D eigenvalue weighted by Gasteiger charge is 2.12. The van der Waals surface area contributed by atoms with Crippen LogP contribution in [0.5, 0.6) is 0 Å². The van der Waals surface area contributed by atoms with Crippen LogP contribution in [-0.2, 0) is 0 Å². The van der Waals surface area contributed by atoms with Crippen molar-refractivity contribution in [2.45, 2.75) is 6.92 Å². The van der Waals surface area contributed by atoms with Crippen LogP contribution in [0.25, 0.3) is 0 Å². The molecule has 0 aliphatic rings. The molecule has 2 N–H and O–H groups in total. The minimum absolute atomic E-state index is 0.290. The first kappa shape index (κ1) is 15.5. The van der Waals surface area contributed by atoms with E-state index in [1.807, 2.05) is 0 Å². The molecule has 108 valence electrons. The molecule has 0 saturated heterocycles. The Labute approximate surface area is 135 Å². The fourth-order valence-electron chi connectivity index (χ4n) is 1.73. The Bertz CT molecular complexity index is 699. The predicted molar refractivity (Wildman–Crippen MR) is 87.5 cm³/mol. The van der Waals surface area contributed by atoms with Gasteiger partial charge in [0.25, 0.3) is 5.91 Å². The quantitative estimate of drug-likeness (QED) is 0.475. The van der Waals surface area contributed by atoms with E-state index in [0.29, 0.717) is 26.5 Å². The SMILES string of the molecule is C/C(=N/O)c1ccc(NC(=O)c2cccc(Br)c2Cl)cc1. The maximum Gasteiger partial charge on any atom is 0.257 e. The number of hydrogen-bond acceptors (Lipinski definition) is 3. The normalized spacial score (nSPS) is 11.3. The van der Waals surface area contributed by atoms with E-state index in [4.69, 9.17) is 16.8 Å². The van der Waals surface area contributed by atoms with E-state index >= 15 is 0 Å². The molecule has 0 saturated carbocycles. The lowest BCUT2D eigenvalue weighted by Crippen LogP contribution is -2.12. The molecule has 0 unspecified atom stereocenters. The Hall–Kier alpha value is -1.85. The van der Waals surface area contributed by atoms with E-state index in [1.165, 1.54) is 0 Å². The second-order valence-corrected chi connectivity index (χ2v) is 5.55. The van der Waals surface area contributed by atoms with E-state index in [9.17, 15) is 4.79 Å². The van der Waals surface area contributed by atoms with Crippen molar-refractivity contribution in [2.24, 2.45) is 5.16 Å². The van der Waals surface area contributed by atoms with Gasteiger partial charge in [0, 0.05) is 10.2 Å². The summed E-state index contributed by atoms with van der Waals surface area (Å²) in [5.41, 5.74) is 2.30. The maximum atomic E-state index is 12.2. The molecule has 0 atom stereocenters. The third-order valence-electron chi connectivity index (χ3n) is 2.91. The van der Waals surface area contributed by atoms with Gasteiger partial charge in [-0.05, 0) is 52.7 Å². The first-order chi connectivity index (χ1) is 10.0. The Morgan fingerprint density at radius 3 is 2.52 bits per heavy atom. The van der Waals surface area contributed by atoms with Crippen LogP contribution in [-0.4, -0.2) is 16.8 Å². The molecule has 0 fully saturated rings. The van der Waals surface area contributed by atoms with Crippen LogP contribution in [0.1, 0.15) is 22.8 Å². The van der Waals surface area contributed by atoms with Crippen LogP contribution < -0.4 is 5.32 Å². The number of hydrogen-bond donors (Lipinski definition) is 2. The van der Waals surface area contributed by atoms with E-state index in [-0.39, 0.29) is 5.91 Å². The maximum absolute atomic E-state index is 12.2. The van der Waals surface area contributed by atoms with Gasteiger partial charge in [0.1, 0.15) is 0 Å². The summed E-state index contributed by atoms with van der Waals surface area (Å²) >= 11 is 9.37. The number of halogens is 2. The van der Waals surface area contributed by atoms with Crippen LogP contribution in [0.2, 0.25) is 5.02 Å². The van der Waals surface area contributed by atoms with E-state index in [2.05, 4.69) is 26.4 Å². The molecule has 21 heavy (non-hydrogen) atoms. The number of amides is 1. The number of carbonyl (C=O) groups is 1. The largest absolute Gasteiger partial charge is 0.411 e. The number of carbonyl (C=O) groups excluding carboxylic acids is 1. The lowest BCUT2D eigenvalue weighted by atomic mass is 10.1. The second-order valence-electron chi connectivity index (χ2n) is 4.32. The zero-order valence-corrected chi connectivity index (χ0v) is 13.4. The van der Waals surface area contributed by atoms with E-state index in [1.54, 1.807) is 49.4 Å². The summed E-state index contributed by atoms with van der Waals surface area (Å²) in [6, 6.07) is 12.1. The fraction of sp³-hybridized carbons (Fsp3) is 0.0667. The van der Waals surface area contributed by atoms with Crippen LogP contribution in [0.3, 0.4) is 0 Å². The highest BCUT2D eigenvalue weighted by Crippen LogP contribution is 2.26. The van der Waals surface area contributed by atoms with Gasteiger partial charge in [0.2, 0.25) is 0 Å². The van der Waals surface area contributed by atoms with Crippen molar-refractivity contribution >= 4 is 44.8 Å². The minimum atomic E-state index is -0.290. The van der Waals surface area contributed by atoms with Crippen LogP contribution in [0.15, 0.2) is 52.1 Å². The summed E-state index contributed by atoms with van der Waals surface area (Å²) in [4.78, 5) is 12.2. The van der Waals surface area contributed by atoms with Crippen molar-refractivity contribution < 1.29 is 10.0 Å². The molecule has 0 radical (unpaired) electrons. The average Bonchev–Trinajstić information content (AvgIpc) is 2.50. The number of nitrogens with zero attached hydrogens (tertiary/aromatic N) is 1. The number of anilines is 1. The predicted octanol–water partition coefficient (Wildman–Crippen LogP) is 4.55. The van der Waals surface area contributed by atoms with Gasteiger partial charge in [-0.15, -0.1) is 0 Å². The molecule has 1 amide bonds. The van der Waals surface area contributed by atoms with Crippen molar-refractivity contribution in [3.8, 4) is 0 Å².